The van der Waals surface area contributed by atoms with Crippen LogP contribution in [-0.2, 0) is 11.3 Å². The van der Waals surface area contributed by atoms with Crippen molar-refractivity contribution in [2.45, 2.75) is 33.4 Å². The topological polar surface area (TPSA) is 83.8 Å². The summed E-state index contributed by atoms with van der Waals surface area (Å²) in [6.45, 7) is 6.25. The Bertz CT molecular complexity index is 313. The van der Waals surface area contributed by atoms with Gasteiger partial charge in [0.1, 0.15) is 0 Å². The third-order valence-electron chi connectivity index (χ3n) is 2.22. The Labute approximate surface area is 89.5 Å². The maximum atomic E-state index is 11.6. The molecule has 1 amide bonds. The first-order valence-corrected chi connectivity index (χ1v) is 4.92. The average Bonchev–Trinajstić information content (AvgIpc) is 2.63. The van der Waals surface area contributed by atoms with E-state index in [1.165, 1.54) is 0 Å². The van der Waals surface area contributed by atoms with E-state index >= 15 is 0 Å². The van der Waals surface area contributed by atoms with Gasteiger partial charge >= 0.3 is 0 Å². The molecule has 0 aliphatic rings. The van der Waals surface area contributed by atoms with Gasteiger partial charge < -0.3 is 16.0 Å². The van der Waals surface area contributed by atoms with Crippen molar-refractivity contribution in [2.24, 2.45) is 11.1 Å². The van der Waals surface area contributed by atoms with Gasteiger partial charge in [0.15, 0.2) is 0 Å². The van der Waals surface area contributed by atoms with Gasteiger partial charge in [0.25, 0.3) is 0 Å². The molecular formula is C10H18N4O. The molecule has 0 radical (unpaired) electrons. The molecule has 0 aliphatic heterocycles. The third-order valence-corrected chi connectivity index (χ3v) is 2.22. The van der Waals surface area contributed by atoms with Crippen LogP contribution in [0, 0.1) is 5.41 Å². The number of nitrogens with one attached hydrogen (secondary N) is 2. The van der Waals surface area contributed by atoms with E-state index in [0.717, 1.165) is 5.69 Å². The van der Waals surface area contributed by atoms with Crippen molar-refractivity contribution in [3.8, 4) is 0 Å². The Hall–Kier alpha value is -1.36. The highest BCUT2D eigenvalue weighted by Crippen LogP contribution is 2.17. The monoisotopic (exact) mass is 210 g/mol. The number of H-pyrrole nitrogens is 1. The molecule has 15 heavy (non-hydrogen) atoms. The van der Waals surface area contributed by atoms with Gasteiger partial charge in [0.05, 0.1) is 24.6 Å². The lowest BCUT2D eigenvalue weighted by atomic mass is 9.87. The van der Waals surface area contributed by atoms with Crippen molar-refractivity contribution in [1.82, 2.24) is 15.3 Å². The smallest absolute Gasteiger partial charge is 0.237 e. The van der Waals surface area contributed by atoms with Gasteiger partial charge in [-0.3, -0.25) is 4.79 Å². The number of carbonyl (C=O) groups is 1. The second kappa shape index (κ2) is 4.44. The maximum absolute atomic E-state index is 11.6. The Balaban J connectivity index is 2.43. The van der Waals surface area contributed by atoms with Gasteiger partial charge in [-0.25, -0.2) is 4.98 Å². The molecule has 0 saturated carbocycles. The fourth-order valence-corrected chi connectivity index (χ4v) is 1.07. The van der Waals surface area contributed by atoms with Crippen molar-refractivity contribution in [3.63, 3.8) is 0 Å². The molecule has 0 aromatic carbocycles. The van der Waals surface area contributed by atoms with Gasteiger partial charge in [-0.05, 0) is 5.41 Å². The van der Waals surface area contributed by atoms with Crippen LogP contribution in [0.1, 0.15) is 26.5 Å². The van der Waals surface area contributed by atoms with Crippen LogP contribution in [0.4, 0.5) is 0 Å². The number of aromatic nitrogens is 2. The Morgan fingerprint density at radius 1 is 1.67 bits per heavy atom. The number of hydrogen-bond acceptors (Lipinski definition) is 3. The second-order valence-electron chi connectivity index (χ2n) is 4.64. The second-order valence-corrected chi connectivity index (χ2v) is 4.64. The molecule has 5 heteroatoms. The molecule has 1 rings (SSSR count). The van der Waals surface area contributed by atoms with Gasteiger partial charge in [-0.1, -0.05) is 20.8 Å². The van der Waals surface area contributed by atoms with E-state index in [0.29, 0.717) is 6.54 Å². The lowest BCUT2D eigenvalue weighted by molar-refractivity contribution is -0.124. The van der Waals surface area contributed by atoms with Crippen LogP contribution >= 0.6 is 0 Å². The Morgan fingerprint density at radius 2 is 2.33 bits per heavy atom. The number of amides is 1. The van der Waals surface area contributed by atoms with Crippen LogP contribution in [0.25, 0.3) is 0 Å². The van der Waals surface area contributed by atoms with E-state index < -0.39 is 6.04 Å². The first-order chi connectivity index (χ1) is 6.91. The average molecular weight is 210 g/mol. The molecule has 0 saturated heterocycles. The van der Waals surface area contributed by atoms with Crippen molar-refractivity contribution in [1.29, 1.82) is 0 Å². The van der Waals surface area contributed by atoms with Gasteiger partial charge in [-0.15, -0.1) is 0 Å². The number of rotatable bonds is 3. The van der Waals surface area contributed by atoms with Crippen LogP contribution in [0.5, 0.6) is 0 Å². The summed E-state index contributed by atoms with van der Waals surface area (Å²) in [5.74, 6) is -0.142. The molecule has 0 spiro atoms. The highest BCUT2D eigenvalue weighted by Gasteiger charge is 2.27. The summed E-state index contributed by atoms with van der Waals surface area (Å²) in [4.78, 5) is 18.4. The Morgan fingerprint density at radius 3 is 2.80 bits per heavy atom. The minimum absolute atomic E-state index is 0.142. The van der Waals surface area contributed by atoms with Gasteiger partial charge in [0.2, 0.25) is 5.91 Å². The zero-order chi connectivity index (χ0) is 11.5. The first-order valence-electron chi connectivity index (χ1n) is 4.92. The van der Waals surface area contributed by atoms with Gasteiger partial charge in [0, 0.05) is 6.20 Å². The fraction of sp³-hybridized carbons (Fsp3) is 0.600. The largest absolute Gasteiger partial charge is 0.349 e. The normalized spacial score (nSPS) is 13.6. The van der Waals surface area contributed by atoms with Crippen molar-refractivity contribution >= 4 is 5.91 Å². The lowest BCUT2D eigenvalue weighted by Crippen LogP contribution is -2.48. The number of carbonyl (C=O) groups excluding carboxylic acids is 1. The molecule has 5 nitrogen and oxygen atoms in total. The van der Waals surface area contributed by atoms with Crippen LogP contribution < -0.4 is 11.1 Å². The van der Waals surface area contributed by atoms with E-state index in [9.17, 15) is 4.79 Å². The van der Waals surface area contributed by atoms with E-state index in [4.69, 9.17) is 5.73 Å². The number of nitrogens with two attached hydrogens (primary N) is 1. The minimum atomic E-state index is -0.500. The molecule has 0 bridgehead atoms. The third kappa shape index (κ3) is 3.36. The predicted octanol–water partition coefficient (Wildman–Crippen LogP) is 0.399. The summed E-state index contributed by atoms with van der Waals surface area (Å²) in [6.07, 6.45) is 3.24. The molecule has 0 unspecified atom stereocenters. The van der Waals surface area contributed by atoms with Crippen LogP contribution in [0.3, 0.4) is 0 Å². The van der Waals surface area contributed by atoms with Crippen LogP contribution in [0.2, 0.25) is 0 Å². The quantitative estimate of drug-likeness (QED) is 0.675. The number of imidazole rings is 1. The minimum Gasteiger partial charge on any atom is -0.349 e. The molecule has 1 atom stereocenters. The molecular weight excluding hydrogens is 192 g/mol. The molecule has 1 heterocycles. The molecule has 0 aliphatic carbocycles. The van der Waals surface area contributed by atoms with Crippen LogP contribution in [0.15, 0.2) is 12.5 Å². The zero-order valence-electron chi connectivity index (χ0n) is 9.37. The number of hydrogen-bond donors (Lipinski definition) is 3. The summed E-state index contributed by atoms with van der Waals surface area (Å²) in [5, 5.41) is 2.76. The summed E-state index contributed by atoms with van der Waals surface area (Å²) in [5.41, 5.74) is 6.44. The Kier molecular flexibility index (Phi) is 3.47. The van der Waals surface area contributed by atoms with E-state index in [1.807, 2.05) is 20.8 Å². The fourth-order valence-electron chi connectivity index (χ4n) is 1.07. The summed E-state index contributed by atoms with van der Waals surface area (Å²) < 4.78 is 0. The highest BCUT2D eigenvalue weighted by molar-refractivity contribution is 5.82. The van der Waals surface area contributed by atoms with Gasteiger partial charge in [-0.2, -0.15) is 0 Å². The van der Waals surface area contributed by atoms with E-state index in [-0.39, 0.29) is 11.3 Å². The molecule has 1 aromatic heterocycles. The van der Waals surface area contributed by atoms with E-state index in [1.54, 1.807) is 12.5 Å². The summed E-state index contributed by atoms with van der Waals surface area (Å²) in [7, 11) is 0. The summed E-state index contributed by atoms with van der Waals surface area (Å²) in [6, 6.07) is -0.500. The SMILES string of the molecule is CC(C)(C)[C@@H](N)C(=O)NCc1cnc[nH]1. The van der Waals surface area contributed by atoms with Crippen molar-refractivity contribution in [2.75, 3.05) is 0 Å². The van der Waals surface area contributed by atoms with Crippen LogP contribution in [-0.4, -0.2) is 21.9 Å². The summed E-state index contributed by atoms with van der Waals surface area (Å²) >= 11 is 0. The molecule has 4 N–H and O–H groups in total. The number of aromatic amines is 1. The molecule has 84 valence electrons. The number of nitrogens with zero attached hydrogens (tertiary/aromatic N) is 1. The van der Waals surface area contributed by atoms with E-state index in [2.05, 4.69) is 15.3 Å². The standard InChI is InChI=1S/C10H18N4O/c1-10(2,3)8(11)9(15)13-5-7-4-12-6-14-7/h4,6,8H,5,11H2,1-3H3,(H,12,14)(H,13,15)/t8-/m0/s1. The van der Waals surface area contributed by atoms with Crippen molar-refractivity contribution in [3.05, 3.63) is 18.2 Å². The molecule has 0 fully saturated rings. The highest BCUT2D eigenvalue weighted by atomic mass is 16.2. The predicted molar refractivity (Wildman–Crippen MR) is 57.9 cm³/mol. The first kappa shape index (κ1) is 11.7. The lowest BCUT2D eigenvalue weighted by Gasteiger charge is -2.25. The van der Waals surface area contributed by atoms with Crippen molar-refractivity contribution < 1.29 is 4.79 Å². The maximum Gasteiger partial charge on any atom is 0.237 e. The zero-order valence-corrected chi connectivity index (χ0v) is 9.37. The molecule has 1 aromatic rings.